The van der Waals surface area contributed by atoms with Gasteiger partial charge in [-0.25, -0.2) is 0 Å². The average Bonchev–Trinajstić information content (AvgIpc) is 1.00. The van der Waals surface area contributed by atoms with Crippen LogP contribution in [-0.4, -0.2) is 18.9 Å². The molecule has 0 heterocycles. The summed E-state index contributed by atoms with van der Waals surface area (Å²) in [5, 5.41) is 0. The van der Waals surface area contributed by atoms with Crippen LogP contribution in [-0.2, 0) is 49.4 Å². The van der Waals surface area contributed by atoms with E-state index in [1.807, 2.05) is 0 Å². The third-order valence-electron chi connectivity index (χ3n) is 0. The number of hydrogen-bond donors (Lipinski definition) is 0. The molecule has 5 heteroatoms. The van der Waals surface area contributed by atoms with Crippen LogP contribution in [0.25, 0.3) is 0 Å². The monoisotopic (exact) mass is 436 g/mol. The van der Waals surface area contributed by atoms with Crippen LogP contribution in [0.2, 0.25) is 0 Å². The normalized spacial score (nSPS) is 0.800. The third kappa shape index (κ3) is 19.1. The molecule has 0 aliphatic heterocycles. The molecule has 0 aromatic heterocycles. The van der Waals surface area contributed by atoms with Crippen molar-refractivity contribution in [1.82, 2.24) is 0 Å². The molecule has 0 saturated carbocycles. The van der Waals surface area contributed by atoms with Crippen molar-refractivity contribution < 1.29 is 85.0 Å². The Morgan fingerprint density at radius 1 is 1.20 bits per heavy atom. The van der Waals surface area contributed by atoms with Gasteiger partial charge in [0.25, 0.3) is 0 Å². The molecule has 0 rings (SSSR count). The molecule has 1 nitrogen and oxygen atoms in total. The van der Waals surface area contributed by atoms with Crippen LogP contribution in [0, 0.1) is 35.6 Å². The van der Waals surface area contributed by atoms with E-state index in [1.54, 1.807) is 0 Å². The van der Waals surface area contributed by atoms with E-state index in [2.05, 4.69) is 0 Å². The smallest absolute Gasteiger partial charge is 0 e. The second-order valence-electron chi connectivity index (χ2n) is 0. The van der Waals surface area contributed by atoms with E-state index >= 15 is 0 Å². The van der Waals surface area contributed by atoms with Crippen molar-refractivity contribution >= 4 is 18.9 Å². The van der Waals surface area contributed by atoms with Gasteiger partial charge in [0.2, 0.25) is 0 Å². The topological polar surface area (TPSA) is 17.1 Å². The summed E-state index contributed by atoms with van der Waals surface area (Å²) < 4.78 is 8.33. The largest absolute Gasteiger partial charge is 0 e. The Bertz CT molecular complexity index is 11.6. The molecule has 0 fully saturated rings. The second kappa shape index (κ2) is 27.2. The summed E-state index contributed by atoms with van der Waals surface area (Å²) in [5.41, 5.74) is 0. The van der Waals surface area contributed by atoms with Crippen LogP contribution in [0.1, 0.15) is 0 Å². The molecular formula is LaLiOWZr. The van der Waals surface area contributed by atoms with Crippen LogP contribution in [0.4, 0.5) is 0 Å². The third-order valence-corrected chi connectivity index (χ3v) is 0. The molecule has 0 aliphatic carbocycles. The summed E-state index contributed by atoms with van der Waals surface area (Å²) in [6.45, 7) is 0. The summed E-state index contributed by atoms with van der Waals surface area (Å²) in [6.07, 6.45) is 0. The Morgan fingerprint density at radius 3 is 1.20 bits per heavy atom. The second-order valence-corrected chi connectivity index (χ2v) is 0. The van der Waals surface area contributed by atoms with Crippen molar-refractivity contribution in [2.45, 2.75) is 0 Å². The molecule has 0 N–H and O–H groups in total. The first-order valence-corrected chi connectivity index (χ1v) is 1.36. The average molecular weight is 437 g/mol. The SMILES string of the molecule is [La].[Li].[O]=[W].[Zr]. The molecule has 0 spiro atoms. The zero-order valence-electron chi connectivity index (χ0n) is 2.89. The van der Waals surface area contributed by atoms with Crippen molar-refractivity contribution in [1.29, 1.82) is 0 Å². The molecule has 0 unspecified atom stereocenters. The summed E-state index contributed by atoms with van der Waals surface area (Å²) in [7, 11) is 0. The Balaban J connectivity index is -0.00000000167. The maximum atomic E-state index is 8.33. The van der Waals surface area contributed by atoms with Gasteiger partial charge in [-0.1, -0.05) is 0 Å². The minimum absolute atomic E-state index is 0. The van der Waals surface area contributed by atoms with Crippen molar-refractivity contribution in [2.24, 2.45) is 0 Å². The fraction of sp³-hybridized carbons (Fsp3) is 0. The zero-order valence-corrected chi connectivity index (χ0v) is 11.9. The van der Waals surface area contributed by atoms with E-state index in [4.69, 9.17) is 3.40 Å². The summed E-state index contributed by atoms with van der Waals surface area (Å²) in [6, 6.07) is 0. The van der Waals surface area contributed by atoms with Gasteiger partial charge in [0, 0.05) is 80.7 Å². The molecule has 0 aromatic carbocycles. The summed E-state index contributed by atoms with van der Waals surface area (Å²) in [5.74, 6) is 0. The molecule has 20 valence electrons. The van der Waals surface area contributed by atoms with Gasteiger partial charge < -0.3 is 0 Å². The van der Waals surface area contributed by atoms with Crippen LogP contribution in [0.3, 0.4) is 0 Å². The van der Waals surface area contributed by atoms with Gasteiger partial charge in [-0.3, -0.25) is 0 Å². The van der Waals surface area contributed by atoms with Gasteiger partial charge in [0.05, 0.1) is 0 Å². The quantitative estimate of drug-likeness (QED) is 0.468. The van der Waals surface area contributed by atoms with Crippen LogP contribution in [0.15, 0.2) is 0 Å². The maximum absolute atomic E-state index is 8.33. The minimum Gasteiger partial charge on any atom is 0 e. The molecule has 0 bridgehead atoms. The van der Waals surface area contributed by atoms with E-state index in [-0.39, 0.29) is 80.7 Å². The molecular weight excluding hydrogens is 437 g/mol. The Hall–Kier alpha value is 3.16. The molecule has 0 aliphatic rings. The molecule has 2 radical (unpaired) electrons. The molecule has 0 aromatic rings. The number of rotatable bonds is 0. The van der Waals surface area contributed by atoms with E-state index in [0.717, 1.165) is 0 Å². The molecule has 0 saturated heterocycles. The number of hydrogen-bond acceptors (Lipinski definition) is 1. The van der Waals surface area contributed by atoms with Crippen molar-refractivity contribution in [3.8, 4) is 0 Å². The van der Waals surface area contributed by atoms with Crippen LogP contribution < -0.4 is 0 Å². The van der Waals surface area contributed by atoms with Crippen LogP contribution >= 0.6 is 0 Å². The standard InChI is InChI=1S/La.Li.O.W.Zr. The van der Waals surface area contributed by atoms with Crippen molar-refractivity contribution in [2.75, 3.05) is 0 Å². The fourth-order valence-corrected chi connectivity index (χ4v) is 0. The maximum Gasteiger partial charge on any atom is 0 e. The van der Waals surface area contributed by atoms with E-state index in [0.29, 0.717) is 19.8 Å². The Labute approximate surface area is 102 Å². The summed E-state index contributed by atoms with van der Waals surface area (Å²) in [4.78, 5) is 0. The van der Waals surface area contributed by atoms with Gasteiger partial charge in [-0.15, -0.1) is 0 Å². The first-order chi connectivity index (χ1) is 1.00. The van der Waals surface area contributed by atoms with Gasteiger partial charge in [-0.05, 0) is 0 Å². The van der Waals surface area contributed by atoms with E-state index in [9.17, 15) is 0 Å². The predicted molar refractivity (Wildman–Crippen MR) is 6.44 cm³/mol. The van der Waals surface area contributed by atoms with Gasteiger partial charge >= 0.3 is 23.2 Å². The van der Waals surface area contributed by atoms with Crippen molar-refractivity contribution in [3.05, 3.63) is 0 Å². The zero-order chi connectivity index (χ0) is 2.00. The Kier molecular flexibility index (Phi) is 131. The fourth-order valence-electron chi connectivity index (χ4n) is 0. The van der Waals surface area contributed by atoms with Crippen LogP contribution in [0.5, 0.6) is 0 Å². The predicted octanol–water partition coefficient (Wildman–Crippen LogP) is -0.505. The van der Waals surface area contributed by atoms with Gasteiger partial charge in [0.1, 0.15) is 0 Å². The van der Waals surface area contributed by atoms with Gasteiger partial charge in [0.15, 0.2) is 0 Å². The first kappa shape index (κ1) is 24.2. The van der Waals surface area contributed by atoms with E-state index in [1.165, 1.54) is 0 Å². The summed E-state index contributed by atoms with van der Waals surface area (Å²) >= 11 is 0.333. The Morgan fingerprint density at radius 2 is 1.20 bits per heavy atom. The van der Waals surface area contributed by atoms with Gasteiger partial charge in [-0.2, -0.15) is 0 Å². The first-order valence-electron chi connectivity index (χ1n) is 0.167. The van der Waals surface area contributed by atoms with Crippen molar-refractivity contribution in [3.63, 3.8) is 0 Å². The molecule has 0 atom stereocenters. The van der Waals surface area contributed by atoms with E-state index < -0.39 is 0 Å². The molecule has 0 amide bonds. The minimum atomic E-state index is 0. The molecule has 5 heavy (non-hydrogen) atoms.